The summed E-state index contributed by atoms with van der Waals surface area (Å²) >= 11 is 4.58. The third-order valence-electron chi connectivity index (χ3n) is 1.80. The minimum absolute atomic E-state index is 0.318. The largest absolute Gasteiger partial charge is 0.505 e. The van der Waals surface area contributed by atoms with Crippen molar-refractivity contribution in [2.75, 3.05) is 0 Å². The van der Waals surface area contributed by atoms with E-state index in [0.29, 0.717) is 15.0 Å². The number of hydrogen-bond donors (Lipinski definition) is 1. The summed E-state index contributed by atoms with van der Waals surface area (Å²) in [6.45, 7) is 1.60. The zero-order valence-corrected chi connectivity index (χ0v) is 9.04. The molecule has 0 atom stereocenters. The SMILES string of the molecule is Cc1c(F)c(O)cc2sc(Br)nc12. The number of thiazole rings is 1. The Morgan fingerprint density at radius 1 is 1.62 bits per heavy atom. The topological polar surface area (TPSA) is 33.1 Å². The van der Waals surface area contributed by atoms with Crippen LogP contribution < -0.4 is 0 Å². The summed E-state index contributed by atoms with van der Waals surface area (Å²) in [5.41, 5.74) is 0.990. The van der Waals surface area contributed by atoms with Crippen LogP contribution in [0.2, 0.25) is 0 Å². The number of aromatic nitrogens is 1. The summed E-state index contributed by atoms with van der Waals surface area (Å²) in [5.74, 6) is -0.911. The van der Waals surface area contributed by atoms with Crippen LogP contribution in [-0.4, -0.2) is 10.1 Å². The Morgan fingerprint density at radius 2 is 2.31 bits per heavy atom. The standard InChI is InChI=1S/C8H5BrFNOS/c1-3-6(10)4(12)2-5-7(3)11-8(9)13-5/h2,12H,1H3. The van der Waals surface area contributed by atoms with Crippen LogP contribution in [0.3, 0.4) is 0 Å². The minimum Gasteiger partial charge on any atom is -0.505 e. The molecule has 1 aromatic heterocycles. The Morgan fingerprint density at radius 3 is 3.00 bits per heavy atom. The molecule has 68 valence electrons. The van der Waals surface area contributed by atoms with E-state index in [2.05, 4.69) is 20.9 Å². The summed E-state index contributed by atoms with van der Waals surface area (Å²) < 4.78 is 14.6. The second-order valence-corrected chi connectivity index (χ2v) is 4.95. The third kappa shape index (κ3) is 1.32. The Balaban J connectivity index is 2.92. The van der Waals surface area contributed by atoms with E-state index in [1.807, 2.05) is 0 Å². The lowest BCUT2D eigenvalue weighted by atomic mass is 10.2. The first-order valence-electron chi connectivity index (χ1n) is 3.53. The molecule has 0 bridgehead atoms. The van der Waals surface area contributed by atoms with Crippen molar-refractivity contribution in [3.05, 3.63) is 21.4 Å². The van der Waals surface area contributed by atoms with E-state index in [0.717, 1.165) is 4.70 Å². The number of benzene rings is 1. The van der Waals surface area contributed by atoms with E-state index in [4.69, 9.17) is 0 Å². The third-order valence-corrected chi connectivity index (χ3v) is 3.26. The molecular formula is C8H5BrFNOS. The van der Waals surface area contributed by atoms with Gasteiger partial charge in [0.25, 0.3) is 0 Å². The molecule has 0 aliphatic rings. The average Bonchev–Trinajstić information content (AvgIpc) is 2.42. The first-order valence-corrected chi connectivity index (χ1v) is 5.14. The molecule has 5 heteroatoms. The molecule has 0 fully saturated rings. The van der Waals surface area contributed by atoms with Crippen molar-refractivity contribution < 1.29 is 9.50 Å². The van der Waals surface area contributed by atoms with Crippen molar-refractivity contribution in [1.29, 1.82) is 0 Å². The molecule has 1 N–H and O–H groups in total. The highest BCUT2D eigenvalue weighted by atomic mass is 79.9. The van der Waals surface area contributed by atoms with Crippen molar-refractivity contribution in [2.45, 2.75) is 6.92 Å². The van der Waals surface area contributed by atoms with E-state index >= 15 is 0 Å². The van der Waals surface area contributed by atoms with Gasteiger partial charge in [-0.2, -0.15) is 0 Å². The van der Waals surface area contributed by atoms with Gasteiger partial charge in [0.15, 0.2) is 15.5 Å². The average molecular weight is 262 g/mol. The molecule has 0 saturated heterocycles. The molecule has 1 aromatic carbocycles. The number of rotatable bonds is 0. The number of aromatic hydroxyl groups is 1. The van der Waals surface area contributed by atoms with Crippen LogP contribution in [0.4, 0.5) is 4.39 Å². The van der Waals surface area contributed by atoms with Gasteiger partial charge in [0.05, 0.1) is 10.2 Å². The highest BCUT2D eigenvalue weighted by Crippen LogP contribution is 2.33. The van der Waals surface area contributed by atoms with Crippen LogP contribution in [0.1, 0.15) is 5.56 Å². The highest BCUT2D eigenvalue weighted by Gasteiger charge is 2.12. The van der Waals surface area contributed by atoms with Crippen molar-refractivity contribution in [2.24, 2.45) is 0 Å². The van der Waals surface area contributed by atoms with Crippen LogP contribution >= 0.6 is 27.3 Å². The maximum Gasteiger partial charge on any atom is 0.169 e. The van der Waals surface area contributed by atoms with E-state index in [9.17, 15) is 9.50 Å². The zero-order valence-electron chi connectivity index (χ0n) is 6.64. The lowest BCUT2D eigenvalue weighted by Gasteiger charge is -1.99. The number of hydrogen-bond acceptors (Lipinski definition) is 3. The Labute approximate surface area is 86.2 Å². The molecule has 0 aliphatic carbocycles. The van der Waals surface area contributed by atoms with E-state index in [1.54, 1.807) is 6.92 Å². The normalized spacial score (nSPS) is 11.0. The lowest BCUT2D eigenvalue weighted by molar-refractivity contribution is 0.431. The number of phenols is 1. The van der Waals surface area contributed by atoms with Crippen LogP contribution in [0, 0.1) is 12.7 Å². The molecule has 0 amide bonds. The number of phenolic OH excluding ortho intramolecular Hbond substituents is 1. The van der Waals surface area contributed by atoms with Crippen LogP contribution in [0.25, 0.3) is 10.2 Å². The number of fused-ring (bicyclic) bond motifs is 1. The smallest absolute Gasteiger partial charge is 0.169 e. The minimum atomic E-state index is -0.592. The molecule has 0 aliphatic heterocycles. The maximum atomic E-state index is 13.2. The van der Waals surface area contributed by atoms with Crippen molar-refractivity contribution in [3.8, 4) is 5.75 Å². The number of nitrogens with zero attached hydrogens (tertiary/aromatic N) is 1. The molecular weight excluding hydrogens is 257 g/mol. The van der Waals surface area contributed by atoms with Crippen LogP contribution in [0.15, 0.2) is 9.98 Å². The molecule has 0 saturated carbocycles. The van der Waals surface area contributed by atoms with Crippen LogP contribution in [0.5, 0.6) is 5.75 Å². The molecule has 1 heterocycles. The first kappa shape index (κ1) is 8.90. The summed E-state index contributed by atoms with van der Waals surface area (Å²) in [6, 6.07) is 1.39. The zero-order chi connectivity index (χ0) is 9.59. The Kier molecular flexibility index (Phi) is 2.00. The molecule has 2 rings (SSSR count). The van der Waals surface area contributed by atoms with Crippen molar-refractivity contribution in [3.63, 3.8) is 0 Å². The van der Waals surface area contributed by atoms with Crippen molar-refractivity contribution in [1.82, 2.24) is 4.98 Å². The summed E-state index contributed by atoms with van der Waals surface area (Å²) in [5, 5.41) is 9.20. The molecule has 0 radical (unpaired) electrons. The first-order chi connectivity index (χ1) is 6.09. The van der Waals surface area contributed by atoms with Gasteiger partial charge in [0.2, 0.25) is 0 Å². The van der Waals surface area contributed by atoms with Gasteiger partial charge in [-0.15, -0.1) is 11.3 Å². The van der Waals surface area contributed by atoms with E-state index in [-0.39, 0.29) is 5.75 Å². The van der Waals surface area contributed by atoms with Gasteiger partial charge in [-0.1, -0.05) is 0 Å². The van der Waals surface area contributed by atoms with Gasteiger partial charge in [-0.3, -0.25) is 0 Å². The quantitative estimate of drug-likeness (QED) is 0.790. The monoisotopic (exact) mass is 261 g/mol. The number of aryl methyl sites for hydroxylation is 1. The predicted molar refractivity (Wildman–Crippen MR) is 53.7 cm³/mol. The maximum absolute atomic E-state index is 13.2. The van der Waals surface area contributed by atoms with Gasteiger partial charge in [0, 0.05) is 11.6 Å². The van der Waals surface area contributed by atoms with E-state index < -0.39 is 5.82 Å². The van der Waals surface area contributed by atoms with Gasteiger partial charge in [0.1, 0.15) is 0 Å². The Bertz CT molecular complexity index is 482. The van der Waals surface area contributed by atoms with Gasteiger partial charge < -0.3 is 5.11 Å². The second-order valence-electron chi connectivity index (χ2n) is 2.65. The highest BCUT2D eigenvalue weighted by molar-refractivity contribution is 9.11. The lowest BCUT2D eigenvalue weighted by Crippen LogP contribution is -1.84. The van der Waals surface area contributed by atoms with Crippen molar-refractivity contribution >= 4 is 37.5 Å². The van der Waals surface area contributed by atoms with Gasteiger partial charge >= 0.3 is 0 Å². The molecule has 13 heavy (non-hydrogen) atoms. The summed E-state index contributed by atoms with van der Waals surface area (Å²) in [6.07, 6.45) is 0. The fourth-order valence-electron chi connectivity index (χ4n) is 1.15. The Hall–Kier alpha value is -0.680. The fourth-order valence-corrected chi connectivity index (χ4v) is 2.64. The fraction of sp³-hybridized carbons (Fsp3) is 0.125. The summed E-state index contributed by atoms with van der Waals surface area (Å²) in [4.78, 5) is 4.10. The van der Waals surface area contributed by atoms with E-state index in [1.165, 1.54) is 17.4 Å². The van der Waals surface area contributed by atoms with Gasteiger partial charge in [-0.05, 0) is 22.9 Å². The molecule has 0 unspecified atom stereocenters. The van der Waals surface area contributed by atoms with Crippen LogP contribution in [-0.2, 0) is 0 Å². The second kappa shape index (κ2) is 2.92. The summed E-state index contributed by atoms with van der Waals surface area (Å²) in [7, 11) is 0. The molecule has 0 spiro atoms. The molecule has 2 nitrogen and oxygen atoms in total. The van der Waals surface area contributed by atoms with Gasteiger partial charge in [-0.25, -0.2) is 9.37 Å². The predicted octanol–water partition coefficient (Wildman–Crippen LogP) is 3.21. The molecule has 2 aromatic rings. The number of halogens is 2.